The van der Waals surface area contributed by atoms with Crippen LogP contribution in [0.1, 0.15) is 5.56 Å². The smallest absolute Gasteiger partial charge is 0.123 e. The third-order valence-corrected chi connectivity index (χ3v) is 2.29. The standard InChI is InChI=1S/C11H12N2O/c12-5-6-13-8-10-7-9-3-1-2-4-11(9)14-10/h1-4,10,13H,6-8H2. The number of para-hydroxylation sites is 1. The highest BCUT2D eigenvalue weighted by molar-refractivity contribution is 5.37. The Morgan fingerprint density at radius 2 is 2.36 bits per heavy atom. The maximum Gasteiger partial charge on any atom is 0.123 e. The first kappa shape index (κ1) is 9.04. The molecule has 0 radical (unpaired) electrons. The van der Waals surface area contributed by atoms with Crippen LogP contribution in [0.25, 0.3) is 0 Å². The molecule has 0 saturated heterocycles. The van der Waals surface area contributed by atoms with Crippen molar-refractivity contribution in [1.29, 1.82) is 5.26 Å². The Balaban J connectivity index is 1.89. The Labute approximate surface area is 83.3 Å². The highest BCUT2D eigenvalue weighted by Gasteiger charge is 2.21. The van der Waals surface area contributed by atoms with Gasteiger partial charge in [0.25, 0.3) is 0 Å². The molecule has 1 heterocycles. The molecule has 0 aliphatic carbocycles. The predicted molar refractivity (Wildman–Crippen MR) is 53.0 cm³/mol. The molecule has 0 spiro atoms. The van der Waals surface area contributed by atoms with E-state index in [0.29, 0.717) is 6.54 Å². The summed E-state index contributed by atoms with van der Waals surface area (Å²) in [6, 6.07) is 10.1. The lowest BCUT2D eigenvalue weighted by Gasteiger charge is -2.09. The van der Waals surface area contributed by atoms with E-state index in [1.807, 2.05) is 24.3 Å². The van der Waals surface area contributed by atoms with Gasteiger partial charge in [-0.25, -0.2) is 0 Å². The second kappa shape index (κ2) is 4.12. The molecule has 1 aliphatic heterocycles. The lowest BCUT2D eigenvalue weighted by Crippen LogP contribution is -2.30. The molecule has 1 unspecified atom stereocenters. The average Bonchev–Trinajstić information content (AvgIpc) is 2.60. The van der Waals surface area contributed by atoms with Crippen molar-refractivity contribution in [3.8, 4) is 11.8 Å². The van der Waals surface area contributed by atoms with Crippen LogP contribution in [0, 0.1) is 11.3 Å². The molecule has 3 heteroatoms. The van der Waals surface area contributed by atoms with Crippen molar-refractivity contribution in [2.45, 2.75) is 12.5 Å². The predicted octanol–water partition coefficient (Wildman–Crippen LogP) is 1.10. The number of hydrogen-bond acceptors (Lipinski definition) is 3. The third-order valence-electron chi connectivity index (χ3n) is 2.29. The maximum atomic E-state index is 8.36. The van der Waals surface area contributed by atoms with E-state index >= 15 is 0 Å². The Hall–Kier alpha value is -1.53. The van der Waals surface area contributed by atoms with Gasteiger partial charge in [0.1, 0.15) is 11.9 Å². The molecule has 72 valence electrons. The summed E-state index contributed by atoms with van der Waals surface area (Å²) in [7, 11) is 0. The van der Waals surface area contributed by atoms with Crippen molar-refractivity contribution in [3.05, 3.63) is 29.8 Å². The normalized spacial score (nSPS) is 18.4. The van der Waals surface area contributed by atoms with Gasteiger partial charge in [0.15, 0.2) is 0 Å². The van der Waals surface area contributed by atoms with Gasteiger partial charge >= 0.3 is 0 Å². The minimum absolute atomic E-state index is 0.181. The molecule has 0 bridgehead atoms. The number of nitrogens with one attached hydrogen (secondary N) is 1. The van der Waals surface area contributed by atoms with Crippen LogP contribution in [-0.4, -0.2) is 19.2 Å². The topological polar surface area (TPSA) is 45.0 Å². The molecule has 0 amide bonds. The van der Waals surface area contributed by atoms with Crippen molar-refractivity contribution >= 4 is 0 Å². The molecule has 1 N–H and O–H groups in total. The van der Waals surface area contributed by atoms with Crippen LogP contribution in [0.3, 0.4) is 0 Å². The molecule has 1 aromatic carbocycles. The number of benzene rings is 1. The Kier molecular flexibility index (Phi) is 2.66. The minimum Gasteiger partial charge on any atom is -0.488 e. The second-order valence-corrected chi connectivity index (χ2v) is 3.34. The number of ether oxygens (including phenoxy) is 1. The first-order valence-corrected chi connectivity index (χ1v) is 4.72. The van der Waals surface area contributed by atoms with Gasteiger partial charge in [-0.15, -0.1) is 0 Å². The lowest BCUT2D eigenvalue weighted by molar-refractivity contribution is 0.230. The molecule has 0 aromatic heterocycles. The van der Waals surface area contributed by atoms with Gasteiger partial charge in [-0.1, -0.05) is 18.2 Å². The van der Waals surface area contributed by atoms with Gasteiger partial charge in [0.05, 0.1) is 12.6 Å². The monoisotopic (exact) mass is 188 g/mol. The van der Waals surface area contributed by atoms with Gasteiger partial charge in [0, 0.05) is 13.0 Å². The van der Waals surface area contributed by atoms with Crippen LogP contribution in [0.5, 0.6) is 5.75 Å². The fourth-order valence-corrected chi connectivity index (χ4v) is 1.66. The zero-order valence-corrected chi connectivity index (χ0v) is 7.86. The van der Waals surface area contributed by atoms with Crippen LogP contribution >= 0.6 is 0 Å². The fraction of sp³-hybridized carbons (Fsp3) is 0.364. The van der Waals surface area contributed by atoms with Crippen LogP contribution in [0.2, 0.25) is 0 Å². The Morgan fingerprint density at radius 3 is 3.14 bits per heavy atom. The van der Waals surface area contributed by atoms with Crippen LogP contribution in [0.15, 0.2) is 24.3 Å². The molecule has 1 aliphatic rings. The SMILES string of the molecule is N#CCNCC1Cc2ccccc2O1. The molecule has 1 atom stereocenters. The molecule has 2 rings (SSSR count). The van der Waals surface area contributed by atoms with Crippen molar-refractivity contribution in [2.24, 2.45) is 0 Å². The second-order valence-electron chi connectivity index (χ2n) is 3.34. The van der Waals surface area contributed by atoms with Crippen LogP contribution in [-0.2, 0) is 6.42 Å². The van der Waals surface area contributed by atoms with Crippen molar-refractivity contribution < 1.29 is 4.74 Å². The fourth-order valence-electron chi connectivity index (χ4n) is 1.66. The molecular weight excluding hydrogens is 176 g/mol. The van der Waals surface area contributed by atoms with Crippen molar-refractivity contribution in [1.82, 2.24) is 5.32 Å². The lowest BCUT2D eigenvalue weighted by atomic mass is 10.1. The Bertz CT molecular complexity index is 332. The highest BCUT2D eigenvalue weighted by Crippen LogP contribution is 2.27. The zero-order chi connectivity index (χ0) is 9.80. The van der Waals surface area contributed by atoms with E-state index in [1.54, 1.807) is 0 Å². The van der Waals surface area contributed by atoms with E-state index in [9.17, 15) is 0 Å². The molecule has 1 aromatic rings. The van der Waals surface area contributed by atoms with Gasteiger partial charge in [-0.2, -0.15) is 5.26 Å². The van der Waals surface area contributed by atoms with Gasteiger partial charge in [0.2, 0.25) is 0 Å². The molecule has 0 saturated carbocycles. The quantitative estimate of drug-likeness (QED) is 0.570. The molecule has 0 fully saturated rings. The van der Waals surface area contributed by atoms with E-state index in [2.05, 4.69) is 11.4 Å². The summed E-state index contributed by atoms with van der Waals surface area (Å²) >= 11 is 0. The zero-order valence-electron chi connectivity index (χ0n) is 7.86. The first-order chi connectivity index (χ1) is 6.90. The summed E-state index contributed by atoms with van der Waals surface area (Å²) < 4.78 is 5.68. The van der Waals surface area contributed by atoms with Crippen molar-refractivity contribution in [3.63, 3.8) is 0 Å². The van der Waals surface area contributed by atoms with Crippen molar-refractivity contribution in [2.75, 3.05) is 13.1 Å². The Morgan fingerprint density at radius 1 is 1.50 bits per heavy atom. The largest absolute Gasteiger partial charge is 0.488 e. The van der Waals surface area contributed by atoms with E-state index in [1.165, 1.54) is 5.56 Å². The number of hydrogen-bond donors (Lipinski definition) is 1. The molecular formula is C11H12N2O. The minimum atomic E-state index is 0.181. The van der Waals surface area contributed by atoms with Gasteiger partial charge in [-0.05, 0) is 11.6 Å². The van der Waals surface area contributed by atoms with E-state index in [4.69, 9.17) is 10.00 Å². The number of fused-ring (bicyclic) bond motifs is 1. The summed E-state index contributed by atoms with van der Waals surface area (Å²) in [5.74, 6) is 0.983. The highest BCUT2D eigenvalue weighted by atomic mass is 16.5. The summed E-state index contributed by atoms with van der Waals surface area (Å²) in [6.07, 6.45) is 1.12. The van der Waals surface area contributed by atoms with E-state index in [-0.39, 0.29) is 6.10 Å². The summed E-state index contributed by atoms with van der Waals surface area (Å²) in [5.41, 5.74) is 1.26. The summed E-state index contributed by atoms with van der Waals surface area (Å²) in [5, 5.41) is 11.4. The van der Waals surface area contributed by atoms with E-state index in [0.717, 1.165) is 18.7 Å². The van der Waals surface area contributed by atoms with Gasteiger partial charge < -0.3 is 10.1 Å². The van der Waals surface area contributed by atoms with Crippen LogP contribution < -0.4 is 10.1 Å². The number of nitrogens with zero attached hydrogens (tertiary/aromatic N) is 1. The maximum absolute atomic E-state index is 8.36. The average molecular weight is 188 g/mol. The van der Waals surface area contributed by atoms with Crippen LogP contribution in [0.4, 0.5) is 0 Å². The van der Waals surface area contributed by atoms with E-state index < -0.39 is 0 Å². The summed E-state index contributed by atoms with van der Waals surface area (Å²) in [4.78, 5) is 0. The number of rotatable bonds is 3. The molecule has 3 nitrogen and oxygen atoms in total. The molecule has 14 heavy (non-hydrogen) atoms. The van der Waals surface area contributed by atoms with Gasteiger partial charge in [-0.3, -0.25) is 0 Å². The first-order valence-electron chi connectivity index (χ1n) is 4.72. The summed E-state index contributed by atoms with van der Waals surface area (Å²) in [6.45, 7) is 1.12. The third kappa shape index (κ3) is 1.86. The number of nitriles is 1.